The molecule has 3 aromatic rings. The van der Waals surface area contributed by atoms with Crippen LogP contribution in [-0.4, -0.2) is 30.1 Å². The van der Waals surface area contributed by atoms with Gasteiger partial charge in [0.1, 0.15) is 17.3 Å². The van der Waals surface area contributed by atoms with Crippen molar-refractivity contribution in [1.82, 2.24) is 15.3 Å². The normalized spacial score (nSPS) is 12.3. The number of pyridine rings is 1. The molecule has 1 amide bonds. The highest BCUT2D eigenvalue weighted by Crippen LogP contribution is 2.30. The Morgan fingerprint density at radius 3 is 2.76 bits per heavy atom. The van der Waals surface area contributed by atoms with Crippen molar-refractivity contribution in [3.63, 3.8) is 0 Å². The third-order valence-electron chi connectivity index (χ3n) is 4.45. The molecule has 0 radical (unpaired) electrons. The van der Waals surface area contributed by atoms with Gasteiger partial charge in [0.2, 0.25) is 0 Å². The van der Waals surface area contributed by atoms with Crippen molar-refractivity contribution >= 4 is 38.9 Å². The van der Waals surface area contributed by atoms with Crippen LogP contribution in [0.25, 0.3) is 17.1 Å². The first-order valence-electron chi connectivity index (χ1n) is 8.74. The van der Waals surface area contributed by atoms with Gasteiger partial charge < -0.3 is 19.8 Å². The maximum atomic E-state index is 12.7. The smallest absolute Gasteiger partial charge is 0.262 e. The number of nitrogens with zero attached hydrogens (tertiary/aromatic N) is 2. The van der Waals surface area contributed by atoms with Gasteiger partial charge in [-0.1, -0.05) is 6.07 Å². The number of ether oxygens (including phenoxy) is 2. The van der Waals surface area contributed by atoms with Crippen LogP contribution in [0.1, 0.15) is 24.1 Å². The number of H-pyrrole nitrogens is 1. The number of halogens is 1. The molecular weight excluding hydrogens is 436 g/mol. The number of fused-ring (bicyclic) bond motifs is 1. The second kappa shape index (κ2) is 8.80. The fourth-order valence-corrected chi connectivity index (χ4v) is 3.23. The summed E-state index contributed by atoms with van der Waals surface area (Å²) in [4.78, 5) is 20.0. The van der Waals surface area contributed by atoms with Gasteiger partial charge in [-0.15, -0.1) is 0 Å². The zero-order chi connectivity index (χ0) is 21.0. The molecule has 1 aromatic carbocycles. The molecule has 8 heteroatoms. The molecule has 0 aliphatic heterocycles. The van der Waals surface area contributed by atoms with E-state index in [0.29, 0.717) is 22.7 Å². The highest BCUT2D eigenvalue weighted by molar-refractivity contribution is 9.10. The molecular formula is C21H19BrN4O3. The van der Waals surface area contributed by atoms with Crippen LogP contribution < -0.4 is 14.8 Å². The SMILES string of the molecule is COc1ccc(C(C)NC(=O)C(C#N)=Cc2c[nH]c3ncc(Br)cc23)cc1OC. The molecule has 0 aliphatic rings. The molecule has 0 spiro atoms. The molecule has 2 heterocycles. The molecule has 7 nitrogen and oxygen atoms in total. The molecule has 1 atom stereocenters. The van der Waals surface area contributed by atoms with E-state index in [-0.39, 0.29) is 11.6 Å². The van der Waals surface area contributed by atoms with Gasteiger partial charge in [-0.2, -0.15) is 5.26 Å². The van der Waals surface area contributed by atoms with Crippen molar-refractivity contribution in [3.05, 3.63) is 57.8 Å². The van der Waals surface area contributed by atoms with E-state index in [4.69, 9.17) is 9.47 Å². The Balaban J connectivity index is 1.83. The quantitative estimate of drug-likeness (QED) is 0.430. The third-order valence-corrected chi connectivity index (χ3v) is 4.88. The molecule has 3 rings (SSSR count). The molecule has 0 fully saturated rings. The Morgan fingerprint density at radius 2 is 2.07 bits per heavy atom. The van der Waals surface area contributed by atoms with Crippen molar-refractivity contribution in [2.75, 3.05) is 14.2 Å². The average molecular weight is 455 g/mol. The number of amides is 1. The first-order chi connectivity index (χ1) is 14.0. The lowest BCUT2D eigenvalue weighted by Gasteiger charge is -2.16. The van der Waals surface area contributed by atoms with E-state index >= 15 is 0 Å². The van der Waals surface area contributed by atoms with Crippen LogP contribution in [0.15, 0.2) is 46.7 Å². The van der Waals surface area contributed by atoms with E-state index in [1.54, 1.807) is 44.8 Å². The first-order valence-corrected chi connectivity index (χ1v) is 9.53. The molecule has 0 saturated carbocycles. The number of aromatic amines is 1. The number of nitriles is 1. The Hall–Kier alpha value is -3.31. The van der Waals surface area contributed by atoms with E-state index in [9.17, 15) is 10.1 Å². The largest absolute Gasteiger partial charge is 0.493 e. The van der Waals surface area contributed by atoms with Gasteiger partial charge in [-0.25, -0.2) is 4.98 Å². The number of methoxy groups -OCH3 is 2. The lowest BCUT2D eigenvalue weighted by molar-refractivity contribution is -0.117. The van der Waals surface area contributed by atoms with Crippen LogP contribution in [0.2, 0.25) is 0 Å². The van der Waals surface area contributed by atoms with Crippen molar-refractivity contribution in [1.29, 1.82) is 5.26 Å². The standard InChI is InChI=1S/C21H19BrN4O3/c1-12(13-4-5-18(28-2)19(7-13)29-3)26-21(27)14(9-23)6-15-10-24-20-17(15)8-16(22)11-25-20/h4-8,10-12H,1-3H3,(H,24,25)(H,26,27). The third kappa shape index (κ3) is 4.41. The second-order valence-electron chi connectivity index (χ2n) is 6.27. The van der Waals surface area contributed by atoms with Gasteiger partial charge in [-0.05, 0) is 52.7 Å². The average Bonchev–Trinajstić information content (AvgIpc) is 3.12. The maximum Gasteiger partial charge on any atom is 0.262 e. The molecule has 2 aromatic heterocycles. The predicted molar refractivity (Wildman–Crippen MR) is 113 cm³/mol. The van der Waals surface area contributed by atoms with Gasteiger partial charge in [0, 0.05) is 27.8 Å². The summed E-state index contributed by atoms with van der Waals surface area (Å²) in [7, 11) is 3.11. The Bertz CT molecular complexity index is 1130. The van der Waals surface area contributed by atoms with Gasteiger partial charge in [0.25, 0.3) is 5.91 Å². The summed E-state index contributed by atoms with van der Waals surface area (Å²) in [5.74, 6) is 0.706. The predicted octanol–water partition coefficient (Wildman–Crippen LogP) is 4.13. The summed E-state index contributed by atoms with van der Waals surface area (Å²) in [6.07, 6.45) is 4.94. The number of hydrogen-bond acceptors (Lipinski definition) is 5. The van der Waals surface area contributed by atoms with Crippen molar-refractivity contribution in [2.24, 2.45) is 0 Å². The summed E-state index contributed by atoms with van der Waals surface area (Å²) in [5, 5.41) is 13.2. The Labute approximate surface area is 176 Å². The second-order valence-corrected chi connectivity index (χ2v) is 7.19. The first kappa shape index (κ1) is 20.4. The van der Waals surface area contributed by atoms with Gasteiger partial charge in [0.15, 0.2) is 11.5 Å². The highest BCUT2D eigenvalue weighted by atomic mass is 79.9. The molecule has 0 saturated heterocycles. The Kier molecular flexibility index (Phi) is 6.20. The molecule has 29 heavy (non-hydrogen) atoms. The molecule has 0 aliphatic carbocycles. The van der Waals surface area contributed by atoms with E-state index < -0.39 is 5.91 Å². The summed E-state index contributed by atoms with van der Waals surface area (Å²) < 4.78 is 11.4. The topological polar surface area (TPSA) is 100 Å². The van der Waals surface area contributed by atoms with E-state index in [1.807, 2.05) is 25.1 Å². The van der Waals surface area contributed by atoms with Crippen molar-refractivity contribution in [3.8, 4) is 17.6 Å². The number of benzene rings is 1. The zero-order valence-electron chi connectivity index (χ0n) is 16.1. The summed E-state index contributed by atoms with van der Waals surface area (Å²) >= 11 is 3.38. The minimum absolute atomic E-state index is 0.00166. The Morgan fingerprint density at radius 1 is 1.31 bits per heavy atom. The maximum absolute atomic E-state index is 12.7. The van der Waals surface area contributed by atoms with Gasteiger partial charge in [-0.3, -0.25) is 4.79 Å². The number of nitrogens with one attached hydrogen (secondary N) is 2. The number of carbonyl (C=O) groups is 1. The minimum atomic E-state index is -0.466. The number of carbonyl (C=O) groups excluding carboxylic acids is 1. The van der Waals surface area contributed by atoms with E-state index in [0.717, 1.165) is 15.4 Å². The fourth-order valence-electron chi connectivity index (χ4n) is 2.90. The number of hydrogen-bond donors (Lipinski definition) is 2. The van der Waals surface area contributed by atoms with Crippen molar-refractivity contribution in [2.45, 2.75) is 13.0 Å². The van der Waals surface area contributed by atoms with Crippen LogP contribution >= 0.6 is 15.9 Å². The van der Waals surface area contributed by atoms with Gasteiger partial charge in [0.05, 0.1) is 20.3 Å². The lowest BCUT2D eigenvalue weighted by atomic mass is 10.1. The summed E-state index contributed by atoms with van der Waals surface area (Å²) in [6, 6.07) is 8.92. The lowest BCUT2D eigenvalue weighted by Crippen LogP contribution is -2.27. The van der Waals surface area contributed by atoms with E-state index in [1.165, 1.54) is 0 Å². The van der Waals surface area contributed by atoms with Crippen LogP contribution in [0.5, 0.6) is 11.5 Å². The van der Waals surface area contributed by atoms with Crippen LogP contribution in [-0.2, 0) is 4.79 Å². The highest BCUT2D eigenvalue weighted by Gasteiger charge is 2.16. The monoisotopic (exact) mass is 454 g/mol. The fraction of sp³-hybridized carbons (Fsp3) is 0.190. The van der Waals surface area contributed by atoms with Crippen LogP contribution in [0, 0.1) is 11.3 Å². The number of aromatic nitrogens is 2. The zero-order valence-corrected chi connectivity index (χ0v) is 17.7. The van der Waals surface area contributed by atoms with Crippen molar-refractivity contribution < 1.29 is 14.3 Å². The molecule has 1 unspecified atom stereocenters. The van der Waals surface area contributed by atoms with Crippen LogP contribution in [0.3, 0.4) is 0 Å². The minimum Gasteiger partial charge on any atom is -0.493 e. The molecule has 0 bridgehead atoms. The van der Waals surface area contributed by atoms with Crippen LogP contribution in [0.4, 0.5) is 0 Å². The number of rotatable bonds is 6. The molecule has 148 valence electrons. The van der Waals surface area contributed by atoms with Gasteiger partial charge >= 0.3 is 0 Å². The molecule has 2 N–H and O–H groups in total. The van der Waals surface area contributed by atoms with E-state index in [2.05, 4.69) is 31.2 Å². The summed E-state index contributed by atoms with van der Waals surface area (Å²) in [6.45, 7) is 1.83. The summed E-state index contributed by atoms with van der Waals surface area (Å²) in [5.41, 5.74) is 2.21.